The van der Waals surface area contributed by atoms with E-state index in [0.29, 0.717) is 12.2 Å². The Bertz CT molecular complexity index is 924. The van der Waals surface area contributed by atoms with Crippen molar-refractivity contribution in [2.45, 2.75) is 14.7 Å². The summed E-state index contributed by atoms with van der Waals surface area (Å²) < 4.78 is 31.8. The Labute approximate surface area is 130 Å². The van der Waals surface area contributed by atoms with Crippen molar-refractivity contribution < 1.29 is 17.8 Å². The molecule has 112 valence electrons. The standard InChI is InChI=1S/C14H10N2O4S2/c17-14-9-2-1-3-11-13(9)16(7-15-14)10-5-4-8(22(18,19)20)6-12(10)21-11/h1-6H,7H2,(H,15,17)(H,18,19,20). The maximum atomic E-state index is 12.0. The van der Waals surface area contributed by atoms with E-state index in [1.54, 1.807) is 18.2 Å². The number of nitrogens with zero attached hydrogens (tertiary/aromatic N) is 1. The smallest absolute Gasteiger partial charge is 0.294 e. The zero-order valence-corrected chi connectivity index (χ0v) is 12.7. The van der Waals surface area contributed by atoms with Gasteiger partial charge in [0.05, 0.1) is 28.5 Å². The summed E-state index contributed by atoms with van der Waals surface area (Å²) in [6, 6.07) is 9.89. The number of amides is 1. The van der Waals surface area contributed by atoms with Gasteiger partial charge >= 0.3 is 0 Å². The van der Waals surface area contributed by atoms with Gasteiger partial charge < -0.3 is 10.2 Å². The molecule has 0 atom stereocenters. The van der Waals surface area contributed by atoms with Gasteiger partial charge in [0.1, 0.15) is 0 Å². The molecule has 1 amide bonds. The van der Waals surface area contributed by atoms with Crippen LogP contribution < -0.4 is 10.2 Å². The van der Waals surface area contributed by atoms with Gasteiger partial charge in [-0.05, 0) is 30.3 Å². The highest BCUT2D eigenvalue weighted by Gasteiger charge is 2.32. The molecule has 2 aromatic rings. The molecule has 0 radical (unpaired) electrons. The van der Waals surface area contributed by atoms with Crippen LogP contribution in [0.4, 0.5) is 11.4 Å². The minimum absolute atomic E-state index is 0.119. The Morgan fingerprint density at radius 2 is 2.00 bits per heavy atom. The number of para-hydroxylation sites is 1. The third-order valence-electron chi connectivity index (χ3n) is 3.65. The van der Waals surface area contributed by atoms with Crippen molar-refractivity contribution in [1.29, 1.82) is 0 Å². The number of benzene rings is 2. The summed E-state index contributed by atoms with van der Waals surface area (Å²) in [6.07, 6.45) is 0. The number of hydrogen-bond acceptors (Lipinski definition) is 5. The Hall–Kier alpha value is -2.03. The summed E-state index contributed by atoms with van der Waals surface area (Å²) >= 11 is 1.38. The van der Waals surface area contributed by atoms with E-state index < -0.39 is 10.1 Å². The quantitative estimate of drug-likeness (QED) is 0.778. The van der Waals surface area contributed by atoms with E-state index in [1.165, 1.54) is 23.9 Å². The molecule has 2 N–H and O–H groups in total. The van der Waals surface area contributed by atoms with E-state index >= 15 is 0 Å². The molecule has 0 saturated carbocycles. The lowest BCUT2D eigenvalue weighted by atomic mass is 10.1. The molecule has 4 rings (SSSR count). The molecule has 6 nitrogen and oxygen atoms in total. The fraction of sp³-hybridized carbons (Fsp3) is 0.0714. The van der Waals surface area contributed by atoms with E-state index in [4.69, 9.17) is 0 Å². The van der Waals surface area contributed by atoms with Crippen LogP contribution in [0.25, 0.3) is 0 Å². The molecule has 0 aliphatic carbocycles. The van der Waals surface area contributed by atoms with E-state index in [1.807, 2.05) is 11.0 Å². The molecule has 0 aromatic heterocycles. The van der Waals surface area contributed by atoms with Gasteiger partial charge in [-0.1, -0.05) is 17.8 Å². The number of rotatable bonds is 1. The third-order valence-corrected chi connectivity index (χ3v) is 5.60. The number of anilines is 2. The van der Waals surface area contributed by atoms with Crippen molar-refractivity contribution in [3.63, 3.8) is 0 Å². The first kappa shape index (κ1) is 13.6. The summed E-state index contributed by atoms with van der Waals surface area (Å²) in [5.41, 5.74) is 2.24. The van der Waals surface area contributed by atoms with Crippen molar-refractivity contribution in [3.8, 4) is 0 Å². The lowest BCUT2D eigenvalue weighted by molar-refractivity contribution is 0.0949. The van der Waals surface area contributed by atoms with Gasteiger partial charge in [-0.2, -0.15) is 8.42 Å². The van der Waals surface area contributed by atoms with Crippen LogP contribution >= 0.6 is 11.8 Å². The Morgan fingerprint density at radius 1 is 1.18 bits per heavy atom. The molecule has 0 bridgehead atoms. The maximum absolute atomic E-state index is 12.0. The maximum Gasteiger partial charge on any atom is 0.294 e. The minimum Gasteiger partial charge on any atom is -0.334 e. The third kappa shape index (κ3) is 1.92. The molecule has 2 aliphatic rings. The van der Waals surface area contributed by atoms with Crippen molar-refractivity contribution >= 4 is 39.2 Å². The molecular weight excluding hydrogens is 324 g/mol. The highest BCUT2D eigenvalue weighted by Crippen LogP contribution is 2.50. The molecule has 2 heterocycles. The molecule has 22 heavy (non-hydrogen) atoms. The molecule has 0 unspecified atom stereocenters. The van der Waals surface area contributed by atoms with Gasteiger partial charge in [-0.25, -0.2) is 0 Å². The molecule has 0 saturated heterocycles. The van der Waals surface area contributed by atoms with Gasteiger partial charge in [-0.15, -0.1) is 0 Å². The molecule has 0 fully saturated rings. The monoisotopic (exact) mass is 334 g/mol. The number of hydrogen-bond donors (Lipinski definition) is 2. The first-order valence-electron chi connectivity index (χ1n) is 6.43. The van der Waals surface area contributed by atoms with Crippen LogP contribution in [0.2, 0.25) is 0 Å². The van der Waals surface area contributed by atoms with Crippen molar-refractivity contribution in [1.82, 2.24) is 5.32 Å². The zero-order chi connectivity index (χ0) is 15.5. The first-order chi connectivity index (χ1) is 10.4. The fourth-order valence-electron chi connectivity index (χ4n) is 2.68. The van der Waals surface area contributed by atoms with Crippen molar-refractivity contribution in [3.05, 3.63) is 42.0 Å². The highest BCUT2D eigenvalue weighted by molar-refractivity contribution is 7.99. The highest BCUT2D eigenvalue weighted by atomic mass is 32.2. The SMILES string of the molecule is O=C1NCN2c3ccc(S(=O)(=O)O)cc3Sc3cccc1c32. The van der Waals surface area contributed by atoms with Crippen molar-refractivity contribution in [2.75, 3.05) is 11.6 Å². The topological polar surface area (TPSA) is 86.7 Å². The van der Waals surface area contributed by atoms with Crippen molar-refractivity contribution in [2.24, 2.45) is 0 Å². The Morgan fingerprint density at radius 3 is 2.77 bits per heavy atom. The molecule has 2 aromatic carbocycles. The predicted octanol–water partition coefficient (Wildman–Crippen LogP) is 2.24. The summed E-state index contributed by atoms with van der Waals surface area (Å²) in [5.74, 6) is -0.119. The van der Waals surface area contributed by atoms with E-state index in [0.717, 1.165) is 21.2 Å². The van der Waals surface area contributed by atoms with Crippen LogP contribution in [0.1, 0.15) is 10.4 Å². The summed E-state index contributed by atoms with van der Waals surface area (Å²) in [6.45, 7) is 0.321. The predicted molar refractivity (Wildman–Crippen MR) is 81.3 cm³/mol. The molecule has 8 heteroatoms. The lowest BCUT2D eigenvalue weighted by Gasteiger charge is -2.37. The molecule has 2 aliphatic heterocycles. The number of carbonyl (C=O) groups excluding carboxylic acids is 1. The van der Waals surface area contributed by atoms with Gasteiger partial charge in [0.2, 0.25) is 0 Å². The number of nitrogens with one attached hydrogen (secondary N) is 1. The normalized spacial score (nSPS) is 15.9. The molecule has 0 spiro atoms. The second kappa shape index (κ2) is 4.48. The summed E-state index contributed by atoms with van der Waals surface area (Å²) in [5, 5.41) is 2.80. The van der Waals surface area contributed by atoms with Crippen LogP contribution in [0.15, 0.2) is 51.1 Å². The van der Waals surface area contributed by atoms with Gasteiger partial charge in [0.15, 0.2) is 0 Å². The van der Waals surface area contributed by atoms with Gasteiger partial charge in [-0.3, -0.25) is 9.35 Å². The van der Waals surface area contributed by atoms with Crippen LogP contribution in [0.3, 0.4) is 0 Å². The zero-order valence-electron chi connectivity index (χ0n) is 11.1. The average molecular weight is 334 g/mol. The van der Waals surface area contributed by atoms with E-state index in [9.17, 15) is 17.8 Å². The van der Waals surface area contributed by atoms with E-state index in [2.05, 4.69) is 5.32 Å². The second-order valence-electron chi connectivity index (χ2n) is 4.95. The Kier molecular flexibility index (Phi) is 2.77. The largest absolute Gasteiger partial charge is 0.334 e. The average Bonchev–Trinajstić information content (AvgIpc) is 2.48. The number of carbonyl (C=O) groups is 1. The van der Waals surface area contributed by atoms with Gasteiger partial charge in [0, 0.05) is 9.79 Å². The van der Waals surface area contributed by atoms with Crippen LogP contribution in [0.5, 0.6) is 0 Å². The van der Waals surface area contributed by atoms with Crippen LogP contribution in [-0.2, 0) is 10.1 Å². The van der Waals surface area contributed by atoms with Crippen LogP contribution in [-0.4, -0.2) is 25.5 Å². The number of fused-ring (bicyclic) bond motifs is 2. The summed E-state index contributed by atoms with van der Waals surface area (Å²) in [4.78, 5) is 15.4. The van der Waals surface area contributed by atoms with Crippen LogP contribution in [0, 0.1) is 0 Å². The fourth-order valence-corrected chi connectivity index (χ4v) is 4.43. The first-order valence-corrected chi connectivity index (χ1v) is 8.69. The minimum atomic E-state index is -4.24. The Balaban J connectivity index is 1.93. The summed E-state index contributed by atoms with van der Waals surface area (Å²) in [7, 11) is -4.24. The molecular formula is C14H10N2O4S2. The van der Waals surface area contributed by atoms with Gasteiger partial charge in [0.25, 0.3) is 16.0 Å². The lowest BCUT2D eigenvalue weighted by Crippen LogP contribution is -2.42. The second-order valence-corrected chi connectivity index (χ2v) is 7.46. The van der Waals surface area contributed by atoms with E-state index in [-0.39, 0.29) is 10.8 Å².